The van der Waals surface area contributed by atoms with Crippen LogP contribution in [0.4, 0.5) is 0 Å². The number of benzene rings is 2. The highest BCUT2D eigenvalue weighted by molar-refractivity contribution is 6.42. The predicted molar refractivity (Wildman–Crippen MR) is 127 cm³/mol. The maximum absolute atomic E-state index is 12.7. The third-order valence-electron chi connectivity index (χ3n) is 5.33. The van der Waals surface area contributed by atoms with E-state index in [0.717, 1.165) is 17.7 Å². The van der Waals surface area contributed by atoms with Gasteiger partial charge in [-0.2, -0.15) is 5.10 Å². The third kappa shape index (κ3) is 5.79. The van der Waals surface area contributed by atoms with Crippen LogP contribution in [-0.4, -0.2) is 43.8 Å². The van der Waals surface area contributed by atoms with Gasteiger partial charge in [0.25, 0.3) is 5.91 Å². The molecule has 2 atom stereocenters. The van der Waals surface area contributed by atoms with Crippen molar-refractivity contribution < 1.29 is 14.3 Å². The lowest BCUT2D eigenvalue weighted by atomic mass is 9.95. The number of rotatable bonds is 5. The number of halogens is 3. The lowest BCUT2D eigenvalue weighted by molar-refractivity contribution is -0.119. The van der Waals surface area contributed by atoms with Gasteiger partial charge >= 0.3 is 0 Å². The van der Waals surface area contributed by atoms with Crippen LogP contribution in [0.3, 0.4) is 0 Å². The highest BCUT2D eigenvalue weighted by atomic mass is 35.5. The standard InChI is InChI=1S/C22H22Cl2N4O3.ClH/c23-17-6-5-15(9-18(17)24)21-16(11-25-7-8-31-21)12-26-22(30)14-3-1-13(2-4-14)19-10-20(29)28-27-19;/h1-6,9,16,21,25H,7-8,10-12H2,(H,26,30)(H,28,29);1H/t16-,21-;/m0./s1. The predicted octanol–water partition coefficient (Wildman–Crippen LogP) is 3.35. The second-order valence-corrected chi connectivity index (χ2v) is 8.30. The number of amides is 2. The maximum atomic E-state index is 12.7. The van der Waals surface area contributed by atoms with E-state index in [4.69, 9.17) is 27.9 Å². The summed E-state index contributed by atoms with van der Waals surface area (Å²) in [7, 11) is 0. The topological polar surface area (TPSA) is 91.8 Å². The van der Waals surface area contributed by atoms with E-state index in [1.54, 1.807) is 30.3 Å². The summed E-state index contributed by atoms with van der Waals surface area (Å²) in [6.45, 7) is 2.44. The Kier molecular flexibility index (Phi) is 8.51. The molecule has 0 radical (unpaired) electrons. The van der Waals surface area contributed by atoms with Gasteiger partial charge in [-0.15, -0.1) is 12.4 Å². The largest absolute Gasteiger partial charge is 0.372 e. The van der Waals surface area contributed by atoms with Gasteiger partial charge in [-0.05, 0) is 35.4 Å². The number of nitrogens with one attached hydrogen (secondary N) is 3. The van der Waals surface area contributed by atoms with Crippen molar-refractivity contribution in [3.05, 3.63) is 69.2 Å². The van der Waals surface area contributed by atoms with E-state index in [1.807, 2.05) is 12.1 Å². The summed E-state index contributed by atoms with van der Waals surface area (Å²) in [4.78, 5) is 24.0. The van der Waals surface area contributed by atoms with Crippen molar-refractivity contribution in [2.75, 3.05) is 26.2 Å². The van der Waals surface area contributed by atoms with Crippen molar-refractivity contribution in [2.45, 2.75) is 12.5 Å². The molecule has 2 aliphatic heterocycles. The zero-order valence-corrected chi connectivity index (χ0v) is 19.4. The van der Waals surface area contributed by atoms with Gasteiger partial charge in [0.1, 0.15) is 0 Å². The third-order valence-corrected chi connectivity index (χ3v) is 6.07. The van der Waals surface area contributed by atoms with Crippen LogP contribution in [0.1, 0.15) is 34.0 Å². The molecular formula is C22H23Cl3N4O3. The normalized spacial score (nSPS) is 20.6. The summed E-state index contributed by atoms with van der Waals surface area (Å²) in [5.41, 5.74) is 5.38. The van der Waals surface area contributed by atoms with Gasteiger partial charge in [0, 0.05) is 31.1 Å². The van der Waals surface area contributed by atoms with Gasteiger partial charge in [0.05, 0.1) is 34.9 Å². The van der Waals surface area contributed by atoms with Crippen LogP contribution in [0.25, 0.3) is 0 Å². The summed E-state index contributed by atoms with van der Waals surface area (Å²) in [5, 5.41) is 11.3. The number of nitrogens with zero attached hydrogens (tertiary/aromatic N) is 1. The molecule has 7 nitrogen and oxygen atoms in total. The summed E-state index contributed by atoms with van der Waals surface area (Å²) in [6, 6.07) is 12.5. The van der Waals surface area contributed by atoms with Crippen LogP contribution in [0.15, 0.2) is 47.6 Å². The summed E-state index contributed by atoms with van der Waals surface area (Å²) in [5.74, 6) is -0.285. The van der Waals surface area contributed by atoms with Crippen molar-refractivity contribution in [3.8, 4) is 0 Å². The number of hydrogen-bond donors (Lipinski definition) is 3. The first-order chi connectivity index (χ1) is 15.0. The molecule has 0 spiro atoms. The van der Waals surface area contributed by atoms with Crippen molar-refractivity contribution in [3.63, 3.8) is 0 Å². The van der Waals surface area contributed by atoms with Gasteiger partial charge in [-0.1, -0.05) is 41.4 Å². The second kappa shape index (κ2) is 11.1. The summed E-state index contributed by atoms with van der Waals surface area (Å²) in [6.07, 6.45) is 0.0360. The molecule has 2 aromatic carbocycles. The zero-order valence-electron chi connectivity index (χ0n) is 17.1. The van der Waals surface area contributed by atoms with Crippen LogP contribution < -0.4 is 16.1 Å². The summed E-state index contributed by atoms with van der Waals surface area (Å²) >= 11 is 12.2. The smallest absolute Gasteiger partial charge is 0.251 e. The SMILES string of the molecule is Cl.O=C1CC(c2ccc(C(=O)NC[C@@H]3CNCCO[C@H]3c3ccc(Cl)c(Cl)c3)cc2)=NN1. The van der Waals surface area contributed by atoms with Crippen LogP contribution >= 0.6 is 35.6 Å². The first-order valence-corrected chi connectivity index (χ1v) is 10.8. The number of carbonyl (C=O) groups excluding carboxylic acids is 2. The van der Waals surface area contributed by atoms with Crippen LogP contribution in [0, 0.1) is 5.92 Å². The molecule has 2 aromatic rings. The highest BCUT2D eigenvalue weighted by Crippen LogP contribution is 2.32. The quantitative estimate of drug-likeness (QED) is 0.591. The maximum Gasteiger partial charge on any atom is 0.251 e. The van der Waals surface area contributed by atoms with Gasteiger partial charge in [0.2, 0.25) is 5.91 Å². The van der Waals surface area contributed by atoms with Gasteiger partial charge in [-0.3, -0.25) is 9.59 Å². The molecule has 0 aromatic heterocycles. The Bertz CT molecular complexity index is 1010. The van der Waals surface area contributed by atoms with Crippen molar-refractivity contribution >= 4 is 53.1 Å². The molecule has 0 saturated carbocycles. The fraction of sp³-hybridized carbons (Fsp3) is 0.318. The Hall–Kier alpha value is -2.16. The molecule has 10 heteroatoms. The Morgan fingerprint density at radius 3 is 2.62 bits per heavy atom. The van der Waals surface area contributed by atoms with Crippen LogP contribution in [-0.2, 0) is 9.53 Å². The fourth-order valence-electron chi connectivity index (χ4n) is 3.69. The van der Waals surface area contributed by atoms with E-state index >= 15 is 0 Å². The van der Waals surface area contributed by atoms with Crippen LogP contribution in [0.2, 0.25) is 10.0 Å². The summed E-state index contributed by atoms with van der Waals surface area (Å²) < 4.78 is 6.05. The Labute approximate surface area is 202 Å². The minimum atomic E-state index is -0.210. The minimum Gasteiger partial charge on any atom is -0.372 e. The monoisotopic (exact) mass is 496 g/mol. The molecule has 3 N–H and O–H groups in total. The van der Waals surface area contributed by atoms with E-state index in [9.17, 15) is 9.59 Å². The molecule has 170 valence electrons. The average Bonchev–Trinajstić information content (AvgIpc) is 3.07. The second-order valence-electron chi connectivity index (χ2n) is 7.49. The number of hydrazone groups is 1. The zero-order chi connectivity index (χ0) is 21.8. The average molecular weight is 498 g/mol. The number of carbonyl (C=O) groups is 2. The van der Waals surface area contributed by atoms with Gasteiger partial charge < -0.3 is 15.4 Å². The number of ether oxygens (including phenoxy) is 1. The molecule has 32 heavy (non-hydrogen) atoms. The molecule has 4 rings (SSSR count). The van der Waals surface area contributed by atoms with E-state index in [1.165, 1.54) is 0 Å². The Morgan fingerprint density at radius 2 is 1.94 bits per heavy atom. The van der Waals surface area contributed by atoms with Crippen LogP contribution in [0.5, 0.6) is 0 Å². The van der Waals surface area contributed by atoms with E-state index < -0.39 is 0 Å². The Morgan fingerprint density at radius 1 is 1.16 bits per heavy atom. The molecule has 2 aliphatic rings. The lowest BCUT2D eigenvalue weighted by Crippen LogP contribution is -2.36. The first kappa shape index (κ1) is 24.5. The van der Waals surface area contributed by atoms with Crippen molar-refractivity contribution in [1.82, 2.24) is 16.1 Å². The Balaban J connectivity index is 0.00000289. The van der Waals surface area contributed by atoms with E-state index in [-0.39, 0.29) is 42.7 Å². The molecule has 0 aliphatic carbocycles. The van der Waals surface area contributed by atoms with Crippen molar-refractivity contribution in [2.24, 2.45) is 11.0 Å². The highest BCUT2D eigenvalue weighted by Gasteiger charge is 2.27. The lowest BCUT2D eigenvalue weighted by Gasteiger charge is -2.25. The number of hydrogen-bond acceptors (Lipinski definition) is 5. The van der Waals surface area contributed by atoms with E-state index in [2.05, 4.69) is 21.2 Å². The first-order valence-electron chi connectivity index (χ1n) is 10.0. The molecule has 0 bridgehead atoms. The van der Waals surface area contributed by atoms with Gasteiger partial charge in [-0.25, -0.2) is 5.43 Å². The molecule has 2 amide bonds. The minimum absolute atomic E-state index is 0. The van der Waals surface area contributed by atoms with E-state index in [0.29, 0.717) is 41.0 Å². The molecular weight excluding hydrogens is 475 g/mol. The fourth-order valence-corrected chi connectivity index (χ4v) is 4.00. The molecule has 2 heterocycles. The molecule has 0 unspecified atom stereocenters. The van der Waals surface area contributed by atoms with Crippen molar-refractivity contribution in [1.29, 1.82) is 0 Å². The molecule has 1 fully saturated rings. The van der Waals surface area contributed by atoms with Gasteiger partial charge in [0.15, 0.2) is 0 Å². The molecule has 1 saturated heterocycles.